The van der Waals surface area contributed by atoms with E-state index in [1.807, 2.05) is 37.3 Å². The zero-order valence-corrected chi connectivity index (χ0v) is 15.7. The number of fused-ring (bicyclic) bond motifs is 3. The lowest BCUT2D eigenvalue weighted by atomic mass is 9.97. The number of amides is 1. The predicted octanol–water partition coefficient (Wildman–Crippen LogP) is 5.60. The number of benzene rings is 3. The third-order valence-electron chi connectivity index (χ3n) is 4.96. The molecule has 3 aromatic carbocycles. The Balaban J connectivity index is 1.79. The molecule has 0 atom stereocenters. The third-order valence-corrected chi connectivity index (χ3v) is 4.96. The Morgan fingerprint density at radius 3 is 2.45 bits per heavy atom. The molecule has 0 spiro atoms. The number of halogens is 1. The van der Waals surface area contributed by atoms with E-state index in [4.69, 9.17) is 5.11 Å². The average Bonchev–Trinajstić information content (AvgIpc) is 3.04. The van der Waals surface area contributed by atoms with Gasteiger partial charge in [-0.1, -0.05) is 49.4 Å². The second-order valence-corrected chi connectivity index (χ2v) is 6.75. The first-order chi connectivity index (χ1) is 14.0. The molecule has 0 radical (unpaired) electrons. The molecule has 0 bridgehead atoms. The molecule has 4 rings (SSSR count). The highest BCUT2D eigenvalue weighted by Crippen LogP contribution is 2.45. The Kier molecular flexibility index (Phi) is 4.72. The number of carboxylic acids is 1. The van der Waals surface area contributed by atoms with Crippen molar-refractivity contribution >= 4 is 23.1 Å². The first-order valence-electron chi connectivity index (χ1n) is 9.28. The molecule has 0 unspecified atom stereocenters. The summed E-state index contributed by atoms with van der Waals surface area (Å²) in [5, 5.41) is 11.7. The number of allylic oxidation sites excluding steroid dienone is 1. The lowest BCUT2D eigenvalue weighted by molar-refractivity contribution is 0.0696. The lowest BCUT2D eigenvalue weighted by Crippen LogP contribution is -2.15. The maximum absolute atomic E-state index is 14.2. The zero-order chi connectivity index (χ0) is 20.5. The molecule has 3 aromatic rings. The topological polar surface area (TPSA) is 66.4 Å². The van der Waals surface area contributed by atoms with E-state index in [2.05, 4.69) is 11.4 Å². The average molecular weight is 387 g/mol. The van der Waals surface area contributed by atoms with Crippen LogP contribution in [0.15, 0.2) is 66.7 Å². The van der Waals surface area contributed by atoms with Gasteiger partial charge in [0.05, 0.1) is 11.3 Å². The van der Waals surface area contributed by atoms with Crippen LogP contribution in [0.5, 0.6) is 0 Å². The lowest BCUT2D eigenvalue weighted by Gasteiger charge is -2.12. The minimum atomic E-state index is -1.19. The van der Waals surface area contributed by atoms with Gasteiger partial charge in [-0.3, -0.25) is 4.79 Å². The summed E-state index contributed by atoms with van der Waals surface area (Å²) in [7, 11) is 0. The second-order valence-electron chi connectivity index (χ2n) is 6.75. The number of hydrogen-bond acceptors (Lipinski definition) is 2. The van der Waals surface area contributed by atoms with Gasteiger partial charge in [-0.25, -0.2) is 9.18 Å². The van der Waals surface area contributed by atoms with Crippen LogP contribution in [-0.4, -0.2) is 17.0 Å². The van der Waals surface area contributed by atoms with Crippen molar-refractivity contribution in [1.82, 2.24) is 0 Å². The molecule has 0 heterocycles. The first kappa shape index (κ1) is 18.6. The highest BCUT2D eigenvalue weighted by atomic mass is 19.1. The summed E-state index contributed by atoms with van der Waals surface area (Å²) >= 11 is 0. The van der Waals surface area contributed by atoms with Crippen LogP contribution < -0.4 is 5.32 Å². The first-order valence-corrected chi connectivity index (χ1v) is 9.28. The highest BCUT2D eigenvalue weighted by Gasteiger charge is 2.27. The molecular formula is C24H18FNO3. The molecule has 4 nitrogen and oxygen atoms in total. The number of carbonyl (C=O) groups excluding carboxylic acids is 1. The number of carboxylic acid groups (broad SMARTS) is 1. The van der Waals surface area contributed by atoms with Gasteiger partial charge in [0.25, 0.3) is 5.91 Å². The Bertz CT molecular complexity index is 1180. The minimum absolute atomic E-state index is 0.0982. The fraction of sp³-hybridized carbons (Fsp3) is 0.0833. The quantitative estimate of drug-likeness (QED) is 0.479. The van der Waals surface area contributed by atoms with E-state index in [1.54, 1.807) is 12.1 Å². The molecule has 0 aliphatic heterocycles. The molecule has 2 N–H and O–H groups in total. The van der Waals surface area contributed by atoms with Crippen LogP contribution in [0.4, 0.5) is 10.1 Å². The molecule has 0 saturated carbocycles. The molecule has 5 heteroatoms. The molecular weight excluding hydrogens is 369 g/mol. The molecule has 0 saturated heterocycles. The molecule has 29 heavy (non-hydrogen) atoms. The number of rotatable bonds is 4. The van der Waals surface area contributed by atoms with Crippen molar-refractivity contribution in [2.75, 3.05) is 5.32 Å². The van der Waals surface area contributed by atoms with Crippen molar-refractivity contribution in [2.45, 2.75) is 13.3 Å². The standard InChI is InChI=1S/C24H18FNO3/c1-2-6-17-15-7-3-4-8-16(15)18-9-5-10-19(22(17)18)23(27)26-21-13-14(24(28)29)11-12-20(21)25/h3-13H,2H2,1H3,(H,26,27)(H,28,29)/b17-6+. The number of anilines is 1. The molecule has 144 valence electrons. The highest BCUT2D eigenvalue weighted by molar-refractivity contribution is 6.14. The smallest absolute Gasteiger partial charge is 0.335 e. The summed E-state index contributed by atoms with van der Waals surface area (Å²) in [5.74, 6) is -2.37. The van der Waals surface area contributed by atoms with E-state index in [9.17, 15) is 14.0 Å². The number of nitrogens with one attached hydrogen (secondary N) is 1. The van der Waals surface area contributed by atoms with Crippen molar-refractivity contribution in [2.24, 2.45) is 0 Å². The minimum Gasteiger partial charge on any atom is -0.478 e. The molecule has 1 aliphatic rings. The van der Waals surface area contributed by atoms with E-state index < -0.39 is 17.7 Å². The number of hydrogen-bond donors (Lipinski definition) is 2. The van der Waals surface area contributed by atoms with E-state index in [1.165, 1.54) is 0 Å². The van der Waals surface area contributed by atoms with Crippen LogP contribution in [0.1, 0.15) is 45.2 Å². The number of carbonyl (C=O) groups is 2. The summed E-state index contributed by atoms with van der Waals surface area (Å²) in [6.07, 6.45) is 2.88. The van der Waals surface area contributed by atoms with Gasteiger partial charge in [-0.05, 0) is 52.9 Å². The van der Waals surface area contributed by atoms with Crippen LogP contribution in [0.2, 0.25) is 0 Å². The molecule has 1 aliphatic carbocycles. The van der Waals surface area contributed by atoms with Crippen LogP contribution in [-0.2, 0) is 0 Å². The van der Waals surface area contributed by atoms with Crippen molar-refractivity contribution in [3.8, 4) is 11.1 Å². The van der Waals surface area contributed by atoms with Gasteiger partial charge >= 0.3 is 5.97 Å². The summed E-state index contributed by atoms with van der Waals surface area (Å²) in [5.41, 5.74) is 5.00. The summed E-state index contributed by atoms with van der Waals surface area (Å²) < 4.78 is 14.2. The SMILES string of the molecule is CC/C=C1\c2ccccc2-c2cccc(C(=O)Nc3cc(C(=O)O)ccc3F)c21. The van der Waals surface area contributed by atoms with Crippen LogP contribution in [0, 0.1) is 5.82 Å². The van der Waals surface area contributed by atoms with E-state index in [-0.39, 0.29) is 11.3 Å². The van der Waals surface area contributed by atoms with Gasteiger partial charge in [0.2, 0.25) is 0 Å². The summed E-state index contributed by atoms with van der Waals surface area (Å²) in [6, 6.07) is 16.7. The van der Waals surface area contributed by atoms with Crippen molar-refractivity contribution < 1.29 is 19.1 Å². The largest absolute Gasteiger partial charge is 0.478 e. The van der Waals surface area contributed by atoms with E-state index >= 15 is 0 Å². The Hall–Kier alpha value is -3.73. The van der Waals surface area contributed by atoms with Gasteiger partial charge in [-0.15, -0.1) is 0 Å². The molecule has 0 fully saturated rings. The normalized spacial score (nSPS) is 13.1. The van der Waals surface area contributed by atoms with Gasteiger partial charge < -0.3 is 10.4 Å². The predicted molar refractivity (Wildman–Crippen MR) is 111 cm³/mol. The van der Waals surface area contributed by atoms with Crippen LogP contribution in [0.3, 0.4) is 0 Å². The summed E-state index contributed by atoms with van der Waals surface area (Å²) in [4.78, 5) is 24.2. The Morgan fingerprint density at radius 2 is 1.72 bits per heavy atom. The van der Waals surface area contributed by atoms with E-state index in [0.29, 0.717) is 5.56 Å². The van der Waals surface area contributed by atoms with Crippen molar-refractivity contribution in [1.29, 1.82) is 0 Å². The van der Waals surface area contributed by atoms with Crippen LogP contribution >= 0.6 is 0 Å². The van der Waals surface area contributed by atoms with Crippen LogP contribution in [0.25, 0.3) is 16.7 Å². The van der Waals surface area contributed by atoms with Gasteiger partial charge in [-0.2, -0.15) is 0 Å². The third kappa shape index (κ3) is 3.21. The molecule has 1 amide bonds. The maximum Gasteiger partial charge on any atom is 0.335 e. The maximum atomic E-state index is 14.2. The van der Waals surface area contributed by atoms with Crippen molar-refractivity contribution in [3.05, 3.63) is 94.8 Å². The van der Waals surface area contributed by atoms with Crippen molar-refractivity contribution in [3.63, 3.8) is 0 Å². The molecule has 0 aromatic heterocycles. The second kappa shape index (κ2) is 7.36. The van der Waals surface area contributed by atoms with Gasteiger partial charge in [0, 0.05) is 11.1 Å². The fourth-order valence-electron chi connectivity index (χ4n) is 3.70. The van der Waals surface area contributed by atoms with Gasteiger partial charge in [0.1, 0.15) is 5.82 Å². The van der Waals surface area contributed by atoms with E-state index in [0.717, 1.165) is 52.4 Å². The summed E-state index contributed by atoms with van der Waals surface area (Å²) in [6.45, 7) is 2.03. The Labute approximate surface area is 167 Å². The zero-order valence-electron chi connectivity index (χ0n) is 15.7. The fourth-order valence-corrected chi connectivity index (χ4v) is 3.70. The monoisotopic (exact) mass is 387 g/mol. The number of aromatic carboxylic acids is 1. The van der Waals surface area contributed by atoms with Gasteiger partial charge in [0.15, 0.2) is 0 Å². The Morgan fingerprint density at radius 1 is 1.00 bits per heavy atom.